The van der Waals surface area contributed by atoms with Crippen molar-refractivity contribution in [2.45, 2.75) is 0 Å². The van der Waals surface area contributed by atoms with Gasteiger partial charge in [-0.2, -0.15) is 0 Å². The Morgan fingerprint density at radius 3 is 3.00 bits per heavy atom. The molecule has 3 aromatic rings. The highest BCUT2D eigenvalue weighted by molar-refractivity contribution is 7.25. The van der Waals surface area contributed by atoms with Crippen molar-refractivity contribution in [2.24, 2.45) is 0 Å². The third kappa shape index (κ3) is 1.11. The van der Waals surface area contributed by atoms with Gasteiger partial charge in [0, 0.05) is 26.7 Å². The van der Waals surface area contributed by atoms with Crippen molar-refractivity contribution in [3.63, 3.8) is 0 Å². The van der Waals surface area contributed by atoms with Gasteiger partial charge in [0.05, 0.1) is 0 Å². The van der Waals surface area contributed by atoms with E-state index in [9.17, 15) is 0 Å². The molecule has 2 heterocycles. The van der Waals surface area contributed by atoms with Crippen LogP contribution < -0.4 is 0 Å². The van der Waals surface area contributed by atoms with Crippen LogP contribution in [-0.2, 0) is 0 Å². The molecule has 0 bridgehead atoms. The van der Waals surface area contributed by atoms with Gasteiger partial charge in [-0.1, -0.05) is 11.6 Å². The fourth-order valence-corrected chi connectivity index (χ4v) is 2.78. The molecule has 0 amide bonds. The number of pyridine rings is 1. The van der Waals surface area contributed by atoms with E-state index in [1.807, 2.05) is 30.5 Å². The number of hydrogen-bond donors (Lipinski definition) is 0. The lowest BCUT2D eigenvalue weighted by Crippen LogP contribution is -1.68. The third-order valence-corrected chi connectivity index (χ3v) is 3.54. The smallest absolute Gasteiger partial charge is 0.124 e. The number of aromatic nitrogens is 1. The van der Waals surface area contributed by atoms with Crippen LogP contribution in [0.3, 0.4) is 0 Å². The molecule has 0 N–H and O–H groups in total. The van der Waals surface area contributed by atoms with Crippen molar-refractivity contribution < 1.29 is 0 Å². The number of thiophene rings is 1. The zero-order chi connectivity index (χ0) is 9.54. The van der Waals surface area contributed by atoms with Crippen LogP contribution in [-0.4, -0.2) is 4.98 Å². The number of hydrogen-bond acceptors (Lipinski definition) is 2. The molecule has 14 heavy (non-hydrogen) atoms. The molecule has 0 aliphatic carbocycles. The summed E-state index contributed by atoms with van der Waals surface area (Å²) in [5, 5.41) is 3.17. The van der Waals surface area contributed by atoms with Crippen molar-refractivity contribution in [1.29, 1.82) is 0 Å². The normalized spacial score (nSPS) is 11.2. The van der Waals surface area contributed by atoms with E-state index in [-0.39, 0.29) is 0 Å². The SMILES string of the molecule is Clc1ccc2sc3ncccc3c2c1. The molecule has 0 atom stereocenters. The summed E-state index contributed by atoms with van der Waals surface area (Å²) < 4.78 is 1.24. The molecule has 3 rings (SSSR count). The van der Waals surface area contributed by atoms with Crippen LogP contribution in [0, 0.1) is 0 Å². The number of benzene rings is 1. The summed E-state index contributed by atoms with van der Waals surface area (Å²) in [7, 11) is 0. The van der Waals surface area contributed by atoms with E-state index >= 15 is 0 Å². The predicted molar refractivity (Wildman–Crippen MR) is 62.1 cm³/mol. The van der Waals surface area contributed by atoms with Crippen molar-refractivity contribution >= 4 is 43.2 Å². The zero-order valence-electron chi connectivity index (χ0n) is 7.20. The molecule has 0 saturated carbocycles. The van der Waals surface area contributed by atoms with E-state index in [0.717, 1.165) is 9.85 Å². The molecule has 68 valence electrons. The van der Waals surface area contributed by atoms with Crippen molar-refractivity contribution in [3.05, 3.63) is 41.6 Å². The van der Waals surface area contributed by atoms with Gasteiger partial charge < -0.3 is 0 Å². The van der Waals surface area contributed by atoms with Gasteiger partial charge in [-0.25, -0.2) is 4.98 Å². The summed E-state index contributed by atoms with van der Waals surface area (Å²) in [6.45, 7) is 0. The first-order valence-corrected chi connectivity index (χ1v) is 5.47. The van der Waals surface area contributed by atoms with Gasteiger partial charge in [-0.3, -0.25) is 0 Å². The third-order valence-electron chi connectivity index (χ3n) is 2.21. The Bertz CT molecular complexity index is 615. The first-order valence-electron chi connectivity index (χ1n) is 4.27. The van der Waals surface area contributed by atoms with Gasteiger partial charge in [0.25, 0.3) is 0 Å². The summed E-state index contributed by atoms with van der Waals surface area (Å²) in [5.41, 5.74) is 0. The van der Waals surface area contributed by atoms with Crippen LogP contribution in [0.1, 0.15) is 0 Å². The van der Waals surface area contributed by atoms with Crippen LogP contribution >= 0.6 is 22.9 Å². The summed E-state index contributed by atoms with van der Waals surface area (Å²) in [5.74, 6) is 0. The molecule has 1 nitrogen and oxygen atoms in total. The van der Waals surface area contributed by atoms with E-state index < -0.39 is 0 Å². The van der Waals surface area contributed by atoms with E-state index in [1.54, 1.807) is 11.3 Å². The molecule has 0 radical (unpaired) electrons. The summed E-state index contributed by atoms with van der Waals surface area (Å²) >= 11 is 7.66. The minimum atomic E-state index is 0.779. The van der Waals surface area contributed by atoms with Gasteiger partial charge in [-0.15, -0.1) is 11.3 Å². The van der Waals surface area contributed by atoms with Crippen LogP contribution in [0.4, 0.5) is 0 Å². The molecule has 0 unspecified atom stereocenters. The molecular weight excluding hydrogens is 214 g/mol. The zero-order valence-corrected chi connectivity index (χ0v) is 8.77. The maximum absolute atomic E-state index is 5.96. The summed E-state index contributed by atoms with van der Waals surface area (Å²) in [4.78, 5) is 5.40. The Balaban J connectivity index is 2.58. The van der Waals surface area contributed by atoms with Crippen LogP contribution in [0.15, 0.2) is 36.5 Å². The average Bonchev–Trinajstić information content (AvgIpc) is 2.56. The molecule has 0 aliphatic rings. The van der Waals surface area contributed by atoms with E-state index in [0.29, 0.717) is 0 Å². The molecule has 0 saturated heterocycles. The number of rotatable bonds is 0. The molecule has 0 aliphatic heterocycles. The largest absolute Gasteiger partial charge is 0.245 e. The minimum Gasteiger partial charge on any atom is -0.245 e. The van der Waals surface area contributed by atoms with Gasteiger partial charge in [0.2, 0.25) is 0 Å². The Kier molecular flexibility index (Phi) is 1.72. The van der Waals surface area contributed by atoms with Crippen LogP contribution in [0.5, 0.6) is 0 Å². The molecule has 2 aromatic heterocycles. The van der Waals surface area contributed by atoms with Gasteiger partial charge in [-0.05, 0) is 30.3 Å². The van der Waals surface area contributed by atoms with Gasteiger partial charge in [0.1, 0.15) is 4.83 Å². The van der Waals surface area contributed by atoms with Crippen molar-refractivity contribution in [2.75, 3.05) is 0 Å². The maximum Gasteiger partial charge on any atom is 0.124 e. The van der Waals surface area contributed by atoms with E-state index in [1.165, 1.54) is 15.5 Å². The Morgan fingerprint density at radius 2 is 2.07 bits per heavy atom. The number of nitrogens with zero attached hydrogens (tertiary/aromatic N) is 1. The second-order valence-electron chi connectivity index (χ2n) is 3.10. The van der Waals surface area contributed by atoms with Crippen molar-refractivity contribution in [3.8, 4) is 0 Å². The minimum absolute atomic E-state index is 0.779. The van der Waals surface area contributed by atoms with Crippen molar-refractivity contribution in [1.82, 2.24) is 4.98 Å². The highest BCUT2D eigenvalue weighted by Crippen LogP contribution is 2.33. The number of fused-ring (bicyclic) bond motifs is 3. The molecule has 0 fully saturated rings. The fourth-order valence-electron chi connectivity index (χ4n) is 1.58. The Hall–Kier alpha value is -1.12. The highest BCUT2D eigenvalue weighted by Gasteiger charge is 2.04. The number of halogens is 1. The molecule has 3 heteroatoms. The molecular formula is C11H6ClNS. The molecule has 0 spiro atoms. The van der Waals surface area contributed by atoms with Crippen LogP contribution in [0.25, 0.3) is 20.3 Å². The average molecular weight is 220 g/mol. The monoisotopic (exact) mass is 219 g/mol. The lowest BCUT2D eigenvalue weighted by atomic mass is 10.2. The lowest BCUT2D eigenvalue weighted by molar-refractivity contribution is 1.45. The first-order chi connectivity index (χ1) is 6.84. The topological polar surface area (TPSA) is 12.9 Å². The van der Waals surface area contributed by atoms with Gasteiger partial charge in [0.15, 0.2) is 0 Å². The Labute approximate surface area is 90.0 Å². The highest BCUT2D eigenvalue weighted by atomic mass is 35.5. The molecule has 1 aromatic carbocycles. The maximum atomic E-state index is 5.96. The predicted octanol–water partition coefficient (Wildman–Crippen LogP) is 4.10. The quantitative estimate of drug-likeness (QED) is 0.555. The lowest BCUT2D eigenvalue weighted by Gasteiger charge is -1.91. The van der Waals surface area contributed by atoms with Crippen LogP contribution in [0.2, 0.25) is 5.02 Å². The summed E-state index contributed by atoms with van der Waals surface area (Å²) in [6, 6.07) is 9.99. The fraction of sp³-hybridized carbons (Fsp3) is 0. The second kappa shape index (κ2) is 2.94. The standard InChI is InChI=1S/C11H6ClNS/c12-7-3-4-10-9(6-7)8-2-1-5-13-11(8)14-10/h1-6H. The summed E-state index contributed by atoms with van der Waals surface area (Å²) in [6.07, 6.45) is 1.82. The Morgan fingerprint density at radius 1 is 1.14 bits per heavy atom. The van der Waals surface area contributed by atoms with Gasteiger partial charge >= 0.3 is 0 Å². The second-order valence-corrected chi connectivity index (χ2v) is 4.57. The van der Waals surface area contributed by atoms with E-state index in [4.69, 9.17) is 11.6 Å². The first kappa shape index (κ1) is 8.21. The van der Waals surface area contributed by atoms with E-state index in [2.05, 4.69) is 11.1 Å².